The van der Waals surface area contributed by atoms with Crippen LogP contribution in [-0.2, 0) is 11.2 Å². The lowest BCUT2D eigenvalue weighted by Crippen LogP contribution is -2.41. The van der Waals surface area contributed by atoms with Crippen LogP contribution in [0.15, 0.2) is 21.6 Å². The zero-order valence-electron chi connectivity index (χ0n) is 20.5. The van der Waals surface area contributed by atoms with E-state index >= 15 is 0 Å². The molecule has 184 valence electrons. The van der Waals surface area contributed by atoms with Crippen LogP contribution in [0.3, 0.4) is 0 Å². The number of nitrogens with one attached hydrogen (secondary N) is 1. The molecule has 1 fully saturated rings. The number of H-pyrrole nitrogens is 1. The Morgan fingerprint density at radius 3 is 2.71 bits per heavy atom. The largest absolute Gasteiger partial charge is 0.444 e. The van der Waals surface area contributed by atoms with Gasteiger partial charge in [0, 0.05) is 31.5 Å². The van der Waals surface area contributed by atoms with Crippen molar-refractivity contribution in [3.05, 3.63) is 34.2 Å². The molecule has 0 atom stereocenters. The number of amides is 1. The predicted molar refractivity (Wildman–Crippen MR) is 127 cm³/mol. The van der Waals surface area contributed by atoms with Gasteiger partial charge in [0.2, 0.25) is 11.7 Å². The fourth-order valence-corrected chi connectivity index (χ4v) is 4.32. The smallest absolute Gasteiger partial charge is 0.410 e. The van der Waals surface area contributed by atoms with Gasteiger partial charge in [-0.2, -0.15) is 10.1 Å². The second-order valence-electron chi connectivity index (χ2n) is 9.94. The summed E-state index contributed by atoms with van der Waals surface area (Å²) in [4.78, 5) is 34.0. The van der Waals surface area contributed by atoms with E-state index in [1.165, 1.54) is 12.8 Å². The molecule has 1 aliphatic heterocycles. The summed E-state index contributed by atoms with van der Waals surface area (Å²) in [5.41, 5.74) is 1.27. The van der Waals surface area contributed by atoms with Gasteiger partial charge >= 0.3 is 6.09 Å². The highest BCUT2D eigenvalue weighted by Crippen LogP contribution is 2.30. The van der Waals surface area contributed by atoms with E-state index in [1.54, 1.807) is 21.7 Å². The first-order chi connectivity index (χ1) is 16.2. The average Bonchev–Trinajstić information content (AvgIpc) is 3.42. The predicted octanol–water partition coefficient (Wildman–Crippen LogP) is 4.31. The third-order valence-corrected chi connectivity index (χ3v) is 6.05. The molecule has 4 rings (SSSR count). The zero-order valence-corrected chi connectivity index (χ0v) is 20.5. The van der Waals surface area contributed by atoms with Gasteiger partial charge in [0.25, 0.3) is 5.56 Å². The van der Waals surface area contributed by atoms with Gasteiger partial charge in [-0.05, 0) is 40.0 Å². The minimum atomic E-state index is -0.525. The molecule has 34 heavy (non-hydrogen) atoms. The Balaban J connectivity index is 1.50. The van der Waals surface area contributed by atoms with E-state index < -0.39 is 5.60 Å². The highest BCUT2D eigenvalue weighted by molar-refractivity contribution is 5.72. The maximum atomic E-state index is 12.5. The molecule has 3 aromatic rings. The first-order valence-electron chi connectivity index (χ1n) is 12.2. The van der Waals surface area contributed by atoms with Gasteiger partial charge in [-0.3, -0.25) is 4.79 Å². The molecule has 4 heterocycles. The van der Waals surface area contributed by atoms with Crippen molar-refractivity contribution in [1.82, 2.24) is 29.6 Å². The number of aryl methyl sites for hydroxylation is 1. The number of hydrogen-bond donors (Lipinski definition) is 1. The van der Waals surface area contributed by atoms with Crippen LogP contribution in [0.25, 0.3) is 17.0 Å². The summed E-state index contributed by atoms with van der Waals surface area (Å²) in [6.07, 6.45) is 8.05. The summed E-state index contributed by atoms with van der Waals surface area (Å²) in [5.74, 6) is 1.11. The maximum absolute atomic E-state index is 12.5. The molecule has 0 bridgehead atoms. The molecule has 0 radical (unpaired) electrons. The summed E-state index contributed by atoms with van der Waals surface area (Å²) in [6, 6.07) is 1.59. The number of carbonyl (C=O) groups is 1. The molecule has 3 aromatic heterocycles. The molecule has 10 nitrogen and oxygen atoms in total. The fourth-order valence-electron chi connectivity index (χ4n) is 4.32. The van der Waals surface area contributed by atoms with Crippen LogP contribution >= 0.6 is 0 Å². The fraction of sp³-hybridized carbons (Fsp3) is 0.625. The lowest BCUT2D eigenvalue weighted by molar-refractivity contribution is 0.0203. The second-order valence-corrected chi connectivity index (χ2v) is 9.94. The highest BCUT2D eigenvalue weighted by atomic mass is 16.6. The molecule has 1 saturated heterocycles. The minimum Gasteiger partial charge on any atom is -0.444 e. The van der Waals surface area contributed by atoms with Gasteiger partial charge in [-0.25, -0.2) is 9.31 Å². The van der Waals surface area contributed by atoms with E-state index in [2.05, 4.69) is 27.1 Å². The number of aromatic amines is 1. The third-order valence-electron chi connectivity index (χ3n) is 6.05. The van der Waals surface area contributed by atoms with E-state index in [4.69, 9.17) is 9.26 Å². The van der Waals surface area contributed by atoms with Gasteiger partial charge in [0.15, 0.2) is 0 Å². The lowest BCUT2D eigenvalue weighted by atomic mass is 9.93. The molecule has 0 aliphatic carbocycles. The topological polar surface area (TPSA) is 119 Å². The second kappa shape index (κ2) is 9.99. The van der Waals surface area contributed by atoms with Crippen molar-refractivity contribution in [3.8, 4) is 11.4 Å². The van der Waals surface area contributed by atoms with Crippen LogP contribution < -0.4 is 5.56 Å². The number of piperidine rings is 1. The summed E-state index contributed by atoms with van der Waals surface area (Å²) in [5, 5.41) is 8.65. The van der Waals surface area contributed by atoms with Crippen LogP contribution in [0.2, 0.25) is 0 Å². The van der Waals surface area contributed by atoms with Gasteiger partial charge in [0.05, 0.1) is 17.5 Å². The number of aromatic nitrogens is 5. The first-order valence-corrected chi connectivity index (χ1v) is 12.2. The summed E-state index contributed by atoms with van der Waals surface area (Å²) < 4.78 is 12.7. The van der Waals surface area contributed by atoms with Crippen LogP contribution in [0.1, 0.15) is 83.7 Å². The molecule has 0 unspecified atom stereocenters. The van der Waals surface area contributed by atoms with Crippen molar-refractivity contribution in [3.63, 3.8) is 0 Å². The molecule has 0 saturated carbocycles. The average molecular weight is 471 g/mol. The first kappa shape index (κ1) is 24.0. The Morgan fingerprint density at radius 1 is 1.24 bits per heavy atom. The van der Waals surface area contributed by atoms with E-state index in [9.17, 15) is 9.59 Å². The Kier molecular flexibility index (Phi) is 7.04. The Morgan fingerprint density at radius 2 is 2.00 bits per heavy atom. The van der Waals surface area contributed by atoms with Gasteiger partial charge in [-0.1, -0.05) is 31.3 Å². The van der Waals surface area contributed by atoms with Gasteiger partial charge in [-0.15, -0.1) is 0 Å². The number of likely N-dealkylation sites (tertiary alicyclic amines) is 1. The van der Waals surface area contributed by atoms with Gasteiger partial charge < -0.3 is 19.1 Å². The minimum absolute atomic E-state index is 0.0932. The zero-order chi connectivity index (χ0) is 24.3. The van der Waals surface area contributed by atoms with Crippen molar-refractivity contribution in [2.24, 2.45) is 0 Å². The van der Waals surface area contributed by atoms with E-state index in [1.807, 2.05) is 20.8 Å². The van der Waals surface area contributed by atoms with Crippen LogP contribution in [-0.4, -0.2) is 54.4 Å². The molecule has 1 amide bonds. The molecule has 1 aliphatic rings. The standard InChI is InChI=1S/C24H34N6O4/c1-5-6-7-8-9-20-27-21(28-34-20)17-15-25-30-18(14-19(31)26-22(17)30)16-10-12-29(13-11-16)23(32)33-24(2,3)4/h14-16H,5-13H2,1-4H3,(H,26,31). The van der Waals surface area contributed by atoms with Crippen LogP contribution in [0, 0.1) is 0 Å². The lowest BCUT2D eigenvalue weighted by Gasteiger charge is -2.33. The number of ether oxygens (including phenoxy) is 1. The number of fused-ring (bicyclic) bond motifs is 1. The van der Waals surface area contributed by atoms with Crippen LogP contribution in [0.5, 0.6) is 0 Å². The SMILES string of the molecule is CCCCCCc1nc(-c2cnn3c(C4CCN(C(=O)OC(C)(C)C)CC4)cc(=O)[nH]c23)no1. The number of nitrogens with zero attached hydrogens (tertiary/aromatic N) is 5. The van der Waals surface area contributed by atoms with Crippen molar-refractivity contribution >= 4 is 11.7 Å². The highest BCUT2D eigenvalue weighted by Gasteiger charge is 2.29. The monoisotopic (exact) mass is 470 g/mol. The van der Waals surface area contributed by atoms with Crippen molar-refractivity contribution in [1.29, 1.82) is 0 Å². The summed E-state index contributed by atoms with van der Waals surface area (Å²) >= 11 is 0. The Hall–Kier alpha value is -3.17. The van der Waals surface area contributed by atoms with Crippen molar-refractivity contribution in [2.45, 2.75) is 84.2 Å². The molecular formula is C24H34N6O4. The quantitative estimate of drug-likeness (QED) is 0.511. The Bertz CT molecular complexity index is 1180. The van der Waals surface area contributed by atoms with Crippen LogP contribution in [0.4, 0.5) is 4.79 Å². The molecular weight excluding hydrogens is 436 g/mol. The van der Waals surface area contributed by atoms with Crippen molar-refractivity contribution in [2.75, 3.05) is 13.1 Å². The van der Waals surface area contributed by atoms with E-state index in [-0.39, 0.29) is 17.6 Å². The molecule has 10 heteroatoms. The number of rotatable bonds is 7. The maximum Gasteiger partial charge on any atom is 0.410 e. The number of unbranched alkanes of at least 4 members (excludes halogenated alkanes) is 3. The van der Waals surface area contributed by atoms with E-state index in [0.29, 0.717) is 36.0 Å². The number of carbonyl (C=O) groups excluding carboxylic acids is 1. The van der Waals surface area contributed by atoms with Crippen molar-refractivity contribution < 1.29 is 14.1 Å². The van der Waals surface area contributed by atoms with Gasteiger partial charge in [0.1, 0.15) is 11.2 Å². The number of hydrogen-bond acceptors (Lipinski definition) is 7. The summed E-state index contributed by atoms with van der Waals surface area (Å²) in [7, 11) is 0. The molecule has 0 spiro atoms. The molecule has 1 N–H and O–H groups in total. The van der Waals surface area contributed by atoms with E-state index in [0.717, 1.165) is 37.8 Å². The third kappa shape index (κ3) is 5.48. The normalized spacial score (nSPS) is 15.2. The Labute approximate surface area is 198 Å². The molecule has 0 aromatic carbocycles. The summed E-state index contributed by atoms with van der Waals surface area (Å²) in [6.45, 7) is 8.88.